The van der Waals surface area contributed by atoms with Gasteiger partial charge in [0.2, 0.25) is 0 Å². The van der Waals surface area contributed by atoms with E-state index in [-0.39, 0.29) is 16.9 Å². The Morgan fingerprint density at radius 3 is 2.35 bits per heavy atom. The van der Waals surface area contributed by atoms with Crippen molar-refractivity contribution in [1.29, 1.82) is 0 Å². The summed E-state index contributed by atoms with van der Waals surface area (Å²) < 4.78 is 5.43. The molecule has 130 valence electrons. The van der Waals surface area contributed by atoms with Crippen molar-refractivity contribution in [2.24, 2.45) is 0 Å². The molecule has 0 unspecified atom stereocenters. The van der Waals surface area contributed by atoms with E-state index in [1.54, 1.807) is 30.3 Å². The Kier molecular flexibility index (Phi) is 5.05. The number of hydrogen-bond donors (Lipinski definition) is 1. The van der Waals surface area contributed by atoms with E-state index in [1.807, 2.05) is 25.1 Å². The lowest BCUT2D eigenvalue weighted by atomic mass is 9.97. The van der Waals surface area contributed by atoms with E-state index in [9.17, 15) is 14.7 Å². The Labute approximate surface area is 155 Å². The van der Waals surface area contributed by atoms with Gasteiger partial charge in [-0.15, -0.1) is 0 Å². The van der Waals surface area contributed by atoms with Crippen LogP contribution in [-0.2, 0) is 0 Å². The topological polar surface area (TPSA) is 63.6 Å². The molecule has 0 aliphatic rings. The molecule has 3 aromatic carbocycles. The van der Waals surface area contributed by atoms with Gasteiger partial charge in [0.1, 0.15) is 5.75 Å². The number of aromatic carboxylic acids is 1. The van der Waals surface area contributed by atoms with Crippen molar-refractivity contribution < 1.29 is 19.4 Å². The molecular formula is C21H15ClO4. The smallest absolute Gasteiger partial charge is 0.344 e. The van der Waals surface area contributed by atoms with Gasteiger partial charge in [-0.2, -0.15) is 0 Å². The highest BCUT2D eigenvalue weighted by atomic mass is 35.5. The average molecular weight is 367 g/mol. The Balaban J connectivity index is 2.03. The molecule has 0 aromatic heterocycles. The van der Waals surface area contributed by atoms with Crippen LogP contribution in [0.15, 0.2) is 66.7 Å². The van der Waals surface area contributed by atoms with Crippen molar-refractivity contribution in [1.82, 2.24) is 0 Å². The fourth-order valence-corrected chi connectivity index (χ4v) is 2.83. The first-order chi connectivity index (χ1) is 12.5. The molecular weight excluding hydrogens is 352 g/mol. The monoisotopic (exact) mass is 366 g/mol. The maximum absolute atomic E-state index is 12.7. The SMILES string of the molecule is Cc1ccc(OC(=O)c2ccc(C(=O)O)cc2-c2ccccc2)c(Cl)c1. The van der Waals surface area contributed by atoms with Gasteiger partial charge >= 0.3 is 11.9 Å². The third-order valence-corrected chi connectivity index (χ3v) is 4.16. The fourth-order valence-electron chi connectivity index (χ4n) is 2.56. The number of rotatable bonds is 4. The number of carboxylic acids is 1. The van der Waals surface area contributed by atoms with Crippen molar-refractivity contribution in [2.75, 3.05) is 0 Å². The van der Waals surface area contributed by atoms with Crippen LogP contribution in [-0.4, -0.2) is 17.0 Å². The minimum atomic E-state index is -1.07. The van der Waals surface area contributed by atoms with E-state index in [4.69, 9.17) is 16.3 Å². The lowest BCUT2D eigenvalue weighted by Gasteiger charge is -2.12. The molecule has 3 rings (SSSR count). The van der Waals surface area contributed by atoms with Gasteiger partial charge in [-0.1, -0.05) is 48.0 Å². The van der Waals surface area contributed by atoms with Crippen molar-refractivity contribution >= 4 is 23.5 Å². The van der Waals surface area contributed by atoms with Crippen molar-refractivity contribution in [2.45, 2.75) is 6.92 Å². The van der Waals surface area contributed by atoms with Gasteiger partial charge in [-0.25, -0.2) is 9.59 Å². The summed E-state index contributed by atoms with van der Waals surface area (Å²) in [5.41, 5.74) is 2.51. The second-order valence-electron chi connectivity index (χ2n) is 5.75. The molecule has 0 heterocycles. The summed E-state index contributed by atoms with van der Waals surface area (Å²) in [5.74, 6) is -1.42. The largest absolute Gasteiger partial charge is 0.478 e. The van der Waals surface area contributed by atoms with Crippen molar-refractivity contribution in [3.05, 3.63) is 88.4 Å². The number of hydrogen-bond acceptors (Lipinski definition) is 3. The lowest BCUT2D eigenvalue weighted by Crippen LogP contribution is -2.11. The Morgan fingerprint density at radius 2 is 1.69 bits per heavy atom. The van der Waals surface area contributed by atoms with Gasteiger partial charge in [0.15, 0.2) is 0 Å². The first kappa shape index (κ1) is 17.7. The number of aryl methyl sites for hydroxylation is 1. The highest BCUT2D eigenvalue weighted by Gasteiger charge is 2.18. The van der Waals surface area contributed by atoms with Gasteiger partial charge < -0.3 is 9.84 Å². The zero-order valence-corrected chi connectivity index (χ0v) is 14.7. The van der Waals surface area contributed by atoms with E-state index >= 15 is 0 Å². The van der Waals surface area contributed by atoms with Crippen LogP contribution >= 0.6 is 11.6 Å². The number of carboxylic acid groups (broad SMARTS) is 1. The van der Waals surface area contributed by atoms with Crippen LogP contribution in [0.1, 0.15) is 26.3 Å². The zero-order valence-electron chi connectivity index (χ0n) is 13.9. The van der Waals surface area contributed by atoms with E-state index in [0.717, 1.165) is 11.1 Å². The van der Waals surface area contributed by atoms with Crippen LogP contribution < -0.4 is 4.74 Å². The minimum Gasteiger partial charge on any atom is -0.478 e. The fraction of sp³-hybridized carbons (Fsp3) is 0.0476. The highest BCUT2D eigenvalue weighted by Crippen LogP contribution is 2.29. The van der Waals surface area contributed by atoms with Gasteiger partial charge in [-0.05, 0) is 53.9 Å². The molecule has 0 fully saturated rings. The summed E-state index contributed by atoms with van der Waals surface area (Å²) in [6.07, 6.45) is 0. The summed E-state index contributed by atoms with van der Waals surface area (Å²) >= 11 is 6.13. The quantitative estimate of drug-likeness (QED) is 0.507. The molecule has 0 saturated carbocycles. The molecule has 0 aliphatic heterocycles. The zero-order chi connectivity index (χ0) is 18.7. The molecule has 0 atom stereocenters. The second kappa shape index (κ2) is 7.42. The minimum absolute atomic E-state index is 0.0915. The van der Waals surface area contributed by atoms with Gasteiger partial charge in [0.25, 0.3) is 0 Å². The molecule has 0 spiro atoms. The number of carbonyl (C=O) groups excluding carboxylic acids is 1. The van der Waals surface area contributed by atoms with E-state index < -0.39 is 11.9 Å². The van der Waals surface area contributed by atoms with E-state index in [1.165, 1.54) is 18.2 Å². The Bertz CT molecular complexity index is 981. The summed E-state index contributed by atoms with van der Waals surface area (Å²) in [4.78, 5) is 24.0. The number of ether oxygens (including phenoxy) is 1. The summed E-state index contributed by atoms with van der Waals surface area (Å²) in [6, 6.07) is 18.5. The molecule has 26 heavy (non-hydrogen) atoms. The van der Waals surface area contributed by atoms with Gasteiger partial charge in [0.05, 0.1) is 16.1 Å². The molecule has 1 N–H and O–H groups in total. The standard InChI is InChI=1S/C21H15ClO4/c1-13-7-10-19(18(22)11-13)26-21(25)16-9-8-15(20(23)24)12-17(16)14-5-3-2-4-6-14/h2-12H,1H3,(H,23,24). The summed E-state index contributed by atoms with van der Waals surface area (Å²) in [6.45, 7) is 1.88. The molecule has 5 heteroatoms. The first-order valence-corrected chi connectivity index (χ1v) is 8.24. The average Bonchev–Trinajstić information content (AvgIpc) is 2.64. The maximum Gasteiger partial charge on any atom is 0.344 e. The van der Waals surface area contributed by atoms with Crippen molar-refractivity contribution in [3.8, 4) is 16.9 Å². The predicted octanol–water partition coefficient (Wildman–Crippen LogP) is 5.23. The molecule has 0 radical (unpaired) electrons. The first-order valence-electron chi connectivity index (χ1n) is 7.87. The molecule has 0 amide bonds. The lowest BCUT2D eigenvalue weighted by molar-refractivity contribution is 0.0692. The Hall–Kier alpha value is -3.11. The van der Waals surface area contributed by atoms with Gasteiger partial charge in [0, 0.05) is 0 Å². The van der Waals surface area contributed by atoms with Crippen LogP contribution in [0.25, 0.3) is 11.1 Å². The Morgan fingerprint density at radius 1 is 0.962 bits per heavy atom. The number of carbonyl (C=O) groups is 2. The van der Waals surface area contributed by atoms with E-state index in [0.29, 0.717) is 10.6 Å². The third-order valence-electron chi connectivity index (χ3n) is 3.86. The summed E-state index contributed by atoms with van der Waals surface area (Å²) in [7, 11) is 0. The molecule has 4 nitrogen and oxygen atoms in total. The van der Waals surface area contributed by atoms with Crippen molar-refractivity contribution in [3.63, 3.8) is 0 Å². The second-order valence-corrected chi connectivity index (χ2v) is 6.16. The maximum atomic E-state index is 12.7. The predicted molar refractivity (Wildman–Crippen MR) is 100.0 cm³/mol. The third kappa shape index (κ3) is 3.76. The molecule has 0 saturated heterocycles. The summed E-state index contributed by atoms with van der Waals surface area (Å²) in [5, 5.41) is 9.58. The number of benzene rings is 3. The molecule has 3 aromatic rings. The van der Waals surface area contributed by atoms with Crippen LogP contribution in [0.4, 0.5) is 0 Å². The normalized spacial score (nSPS) is 10.4. The highest BCUT2D eigenvalue weighted by molar-refractivity contribution is 6.32. The van der Waals surface area contributed by atoms with Crippen LogP contribution in [0.2, 0.25) is 5.02 Å². The number of esters is 1. The van der Waals surface area contributed by atoms with Crippen LogP contribution in [0, 0.1) is 6.92 Å². The van der Waals surface area contributed by atoms with Gasteiger partial charge in [-0.3, -0.25) is 0 Å². The van der Waals surface area contributed by atoms with Crippen LogP contribution in [0.3, 0.4) is 0 Å². The van der Waals surface area contributed by atoms with Crippen LogP contribution in [0.5, 0.6) is 5.75 Å². The van der Waals surface area contributed by atoms with E-state index in [2.05, 4.69) is 0 Å². The molecule has 0 aliphatic carbocycles. The molecule has 0 bridgehead atoms. The number of halogens is 1.